The summed E-state index contributed by atoms with van der Waals surface area (Å²) in [5, 5.41) is 2.93. The molecule has 0 aromatic heterocycles. The van der Waals surface area contributed by atoms with Crippen LogP contribution in [0.15, 0.2) is 18.2 Å². The third-order valence-electron chi connectivity index (χ3n) is 3.80. The largest absolute Gasteiger partial charge is 0.399 e. The first-order valence-corrected chi connectivity index (χ1v) is 6.26. The van der Waals surface area contributed by atoms with E-state index in [1.54, 1.807) is 0 Å². The second-order valence-corrected chi connectivity index (χ2v) is 5.65. The zero-order valence-corrected chi connectivity index (χ0v) is 10.8. The minimum atomic E-state index is -0.566. The smallest absolute Gasteiger partial charge is 0.254 e. The molecule has 1 amide bonds. The summed E-state index contributed by atoms with van der Waals surface area (Å²) < 4.78 is 13.6. The van der Waals surface area contributed by atoms with E-state index in [9.17, 15) is 9.18 Å². The Hall–Kier alpha value is -1.58. The first kappa shape index (κ1) is 12.9. The molecule has 1 aromatic rings. The van der Waals surface area contributed by atoms with Crippen molar-refractivity contribution in [1.82, 2.24) is 5.32 Å². The highest BCUT2D eigenvalue weighted by Crippen LogP contribution is 2.37. The minimum Gasteiger partial charge on any atom is -0.399 e. The lowest BCUT2D eigenvalue weighted by Crippen LogP contribution is -2.41. The molecule has 0 saturated heterocycles. The zero-order valence-electron chi connectivity index (χ0n) is 10.8. The molecule has 0 radical (unpaired) electrons. The van der Waals surface area contributed by atoms with E-state index < -0.39 is 5.82 Å². The number of nitrogens with one attached hydrogen (secondary N) is 1. The number of rotatable bonds is 2. The van der Waals surface area contributed by atoms with Gasteiger partial charge in [-0.1, -0.05) is 20.3 Å². The topological polar surface area (TPSA) is 55.1 Å². The highest BCUT2D eigenvalue weighted by molar-refractivity contribution is 5.95. The summed E-state index contributed by atoms with van der Waals surface area (Å²) in [6.07, 6.45) is 3.14. The van der Waals surface area contributed by atoms with Gasteiger partial charge in [-0.2, -0.15) is 0 Å². The number of hydrogen-bond donors (Lipinski definition) is 2. The van der Waals surface area contributed by atoms with Crippen LogP contribution >= 0.6 is 0 Å². The van der Waals surface area contributed by atoms with Gasteiger partial charge in [-0.15, -0.1) is 0 Å². The van der Waals surface area contributed by atoms with Crippen LogP contribution in [0.3, 0.4) is 0 Å². The highest BCUT2D eigenvalue weighted by atomic mass is 19.1. The molecule has 1 aliphatic carbocycles. The first-order valence-electron chi connectivity index (χ1n) is 6.26. The summed E-state index contributed by atoms with van der Waals surface area (Å²) in [4.78, 5) is 12.0. The van der Waals surface area contributed by atoms with Crippen LogP contribution < -0.4 is 11.1 Å². The fourth-order valence-electron chi connectivity index (χ4n) is 2.55. The molecule has 2 rings (SSSR count). The minimum absolute atomic E-state index is 0.0619. The molecule has 4 heteroatoms. The molecule has 18 heavy (non-hydrogen) atoms. The number of benzene rings is 1. The molecule has 1 saturated carbocycles. The molecule has 98 valence electrons. The monoisotopic (exact) mass is 250 g/mol. The van der Waals surface area contributed by atoms with E-state index >= 15 is 0 Å². The standard InChI is InChI=1S/C14H19FN2O/c1-14(2)7-3-4-12(14)17-13(18)10-6-5-9(16)8-11(10)15/h5-6,8,12H,3-4,7,16H2,1-2H3,(H,17,18). The molecule has 0 aliphatic heterocycles. The van der Waals surface area contributed by atoms with Crippen LogP contribution in [0.1, 0.15) is 43.5 Å². The quantitative estimate of drug-likeness (QED) is 0.793. The predicted molar refractivity (Wildman–Crippen MR) is 69.7 cm³/mol. The number of carbonyl (C=O) groups is 1. The van der Waals surface area contributed by atoms with Crippen molar-refractivity contribution in [1.29, 1.82) is 0 Å². The number of halogens is 1. The van der Waals surface area contributed by atoms with Gasteiger partial charge in [-0.3, -0.25) is 4.79 Å². The van der Waals surface area contributed by atoms with Crippen molar-refractivity contribution in [2.75, 3.05) is 5.73 Å². The van der Waals surface area contributed by atoms with Crippen LogP contribution in [0.25, 0.3) is 0 Å². The van der Waals surface area contributed by atoms with Gasteiger partial charge >= 0.3 is 0 Å². The molecule has 1 unspecified atom stereocenters. The summed E-state index contributed by atoms with van der Waals surface area (Å²) in [7, 11) is 0. The Balaban J connectivity index is 2.13. The van der Waals surface area contributed by atoms with E-state index in [0.29, 0.717) is 5.69 Å². The van der Waals surface area contributed by atoms with Gasteiger partial charge in [0.15, 0.2) is 0 Å². The molecule has 0 heterocycles. The number of amides is 1. The number of nitrogens with two attached hydrogens (primary N) is 1. The van der Waals surface area contributed by atoms with Crippen molar-refractivity contribution in [2.45, 2.75) is 39.2 Å². The van der Waals surface area contributed by atoms with Crippen LogP contribution in [0, 0.1) is 11.2 Å². The summed E-state index contributed by atoms with van der Waals surface area (Å²) in [5.41, 5.74) is 5.93. The Morgan fingerprint density at radius 2 is 2.22 bits per heavy atom. The lowest BCUT2D eigenvalue weighted by atomic mass is 9.87. The van der Waals surface area contributed by atoms with Crippen LogP contribution in [-0.2, 0) is 0 Å². The van der Waals surface area contributed by atoms with Crippen molar-refractivity contribution in [3.8, 4) is 0 Å². The third-order valence-corrected chi connectivity index (χ3v) is 3.80. The van der Waals surface area contributed by atoms with Gasteiger partial charge in [0.05, 0.1) is 5.56 Å². The van der Waals surface area contributed by atoms with E-state index in [1.807, 2.05) is 0 Å². The van der Waals surface area contributed by atoms with Crippen molar-refractivity contribution < 1.29 is 9.18 Å². The summed E-state index contributed by atoms with van der Waals surface area (Å²) >= 11 is 0. The summed E-state index contributed by atoms with van der Waals surface area (Å²) in [5.74, 6) is -0.921. The zero-order chi connectivity index (χ0) is 13.3. The second kappa shape index (κ2) is 4.59. The highest BCUT2D eigenvalue weighted by Gasteiger charge is 2.35. The summed E-state index contributed by atoms with van der Waals surface area (Å²) in [6.45, 7) is 4.26. The maximum Gasteiger partial charge on any atom is 0.254 e. The van der Waals surface area contributed by atoms with Crippen LogP contribution in [0.2, 0.25) is 0 Å². The van der Waals surface area contributed by atoms with Crippen molar-refractivity contribution in [3.05, 3.63) is 29.6 Å². The lowest BCUT2D eigenvalue weighted by molar-refractivity contribution is 0.0906. The predicted octanol–water partition coefficient (Wildman–Crippen LogP) is 2.72. The Bertz CT molecular complexity index is 471. The van der Waals surface area contributed by atoms with Crippen molar-refractivity contribution in [2.24, 2.45) is 5.41 Å². The molecular weight excluding hydrogens is 231 g/mol. The number of carbonyl (C=O) groups excluding carboxylic acids is 1. The van der Waals surface area contributed by atoms with Gasteiger partial charge in [0.25, 0.3) is 5.91 Å². The van der Waals surface area contributed by atoms with Crippen LogP contribution in [0.5, 0.6) is 0 Å². The van der Waals surface area contributed by atoms with Gasteiger partial charge in [0.1, 0.15) is 5.82 Å². The molecule has 1 fully saturated rings. The van der Waals surface area contributed by atoms with Gasteiger partial charge in [0.2, 0.25) is 0 Å². The molecule has 1 aromatic carbocycles. The van der Waals surface area contributed by atoms with E-state index in [2.05, 4.69) is 19.2 Å². The molecule has 0 spiro atoms. The molecule has 3 N–H and O–H groups in total. The van der Waals surface area contributed by atoms with Gasteiger partial charge in [-0.05, 0) is 36.5 Å². The Labute approximate surface area is 107 Å². The van der Waals surface area contributed by atoms with E-state index in [0.717, 1.165) is 19.3 Å². The average Bonchev–Trinajstić information content (AvgIpc) is 2.58. The van der Waals surface area contributed by atoms with Crippen LogP contribution in [-0.4, -0.2) is 11.9 Å². The number of anilines is 1. The molecule has 1 atom stereocenters. The molecule has 1 aliphatic rings. The average molecular weight is 250 g/mol. The number of hydrogen-bond acceptors (Lipinski definition) is 2. The Morgan fingerprint density at radius 3 is 2.78 bits per heavy atom. The second-order valence-electron chi connectivity index (χ2n) is 5.65. The van der Waals surface area contributed by atoms with Crippen LogP contribution in [0.4, 0.5) is 10.1 Å². The van der Waals surface area contributed by atoms with Gasteiger partial charge in [-0.25, -0.2) is 4.39 Å². The SMILES string of the molecule is CC1(C)CCCC1NC(=O)c1ccc(N)cc1F. The molecular formula is C14H19FN2O. The van der Waals surface area contributed by atoms with E-state index in [1.165, 1.54) is 18.2 Å². The van der Waals surface area contributed by atoms with Gasteiger partial charge < -0.3 is 11.1 Å². The molecule has 3 nitrogen and oxygen atoms in total. The fraction of sp³-hybridized carbons (Fsp3) is 0.500. The van der Waals surface area contributed by atoms with Gasteiger partial charge in [0, 0.05) is 11.7 Å². The normalized spacial score (nSPS) is 21.8. The Kier molecular flexibility index (Phi) is 3.28. The maximum absolute atomic E-state index is 13.6. The van der Waals surface area contributed by atoms with Crippen molar-refractivity contribution >= 4 is 11.6 Å². The fourth-order valence-corrected chi connectivity index (χ4v) is 2.55. The first-order chi connectivity index (χ1) is 8.40. The third kappa shape index (κ3) is 2.47. The Morgan fingerprint density at radius 1 is 1.50 bits per heavy atom. The number of nitrogen functional groups attached to an aromatic ring is 1. The van der Waals surface area contributed by atoms with E-state index in [4.69, 9.17) is 5.73 Å². The lowest BCUT2D eigenvalue weighted by Gasteiger charge is -2.27. The maximum atomic E-state index is 13.6. The summed E-state index contributed by atoms with van der Waals surface area (Å²) in [6, 6.07) is 4.26. The van der Waals surface area contributed by atoms with E-state index in [-0.39, 0.29) is 22.9 Å². The van der Waals surface area contributed by atoms with Crippen molar-refractivity contribution in [3.63, 3.8) is 0 Å². The molecule has 0 bridgehead atoms.